The van der Waals surface area contributed by atoms with Gasteiger partial charge in [-0.1, -0.05) is 25.2 Å². The van der Waals surface area contributed by atoms with Crippen molar-refractivity contribution in [1.29, 1.82) is 0 Å². The molecular weight excluding hydrogens is 466 g/mol. The van der Waals surface area contributed by atoms with Gasteiger partial charge in [0.25, 0.3) is 10.2 Å². The number of hydrogen-bond donors (Lipinski definition) is 2. The summed E-state index contributed by atoms with van der Waals surface area (Å²) in [5.74, 6) is -0.610. The van der Waals surface area contributed by atoms with Gasteiger partial charge in [0.2, 0.25) is 11.8 Å². The first-order chi connectivity index (χ1) is 15.7. The molecular formula is C21H29N5O5S2. The van der Waals surface area contributed by atoms with Gasteiger partial charge in [0.1, 0.15) is 0 Å². The van der Waals surface area contributed by atoms with Crippen LogP contribution < -0.4 is 10.6 Å². The largest absolute Gasteiger partial charge is 0.379 e. The van der Waals surface area contributed by atoms with Crippen LogP contribution in [-0.2, 0) is 24.5 Å². The molecule has 0 atom stereocenters. The van der Waals surface area contributed by atoms with Gasteiger partial charge in [-0.05, 0) is 31.0 Å². The Labute approximate surface area is 197 Å². The summed E-state index contributed by atoms with van der Waals surface area (Å²) < 4.78 is 34.7. The second-order valence-electron chi connectivity index (χ2n) is 8.53. The van der Waals surface area contributed by atoms with E-state index in [9.17, 15) is 18.0 Å². The van der Waals surface area contributed by atoms with E-state index in [-0.39, 0.29) is 23.7 Å². The van der Waals surface area contributed by atoms with E-state index >= 15 is 0 Å². The Morgan fingerprint density at radius 1 is 1.09 bits per heavy atom. The molecule has 0 saturated carbocycles. The lowest BCUT2D eigenvalue weighted by atomic mass is 9.97. The van der Waals surface area contributed by atoms with Crippen molar-refractivity contribution in [2.45, 2.75) is 26.7 Å². The maximum Gasteiger partial charge on any atom is 0.282 e. The Hall–Kier alpha value is -2.12. The van der Waals surface area contributed by atoms with Gasteiger partial charge in [-0.25, -0.2) is 4.98 Å². The number of benzene rings is 1. The minimum absolute atomic E-state index is 0.0930. The van der Waals surface area contributed by atoms with Crippen LogP contribution in [0, 0.1) is 11.8 Å². The molecule has 0 aliphatic carbocycles. The third kappa shape index (κ3) is 5.52. The molecule has 2 N–H and O–H groups in total. The minimum atomic E-state index is -3.51. The van der Waals surface area contributed by atoms with Crippen molar-refractivity contribution < 1.29 is 22.7 Å². The van der Waals surface area contributed by atoms with Crippen molar-refractivity contribution >= 4 is 54.4 Å². The number of hydrogen-bond acceptors (Lipinski definition) is 7. The zero-order valence-electron chi connectivity index (χ0n) is 18.7. The highest BCUT2D eigenvalue weighted by atomic mass is 32.2. The monoisotopic (exact) mass is 495 g/mol. The molecule has 0 unspecified atom stereocenters. The number of rotatable bonds is 6. The van der Waals surface area contributed by atoms with Crippen molar-refractivity contribution in [2.75, 3.05) is 50.0 Å². The first-order valence-electron chi connectivity index (χ1n) is 11.1. The highest BCUT2D eigenvalue weighted by Gasteiger charge is 2.35. The quantitative estimate of drug-likeness (QED) is 0.633. The van der Waals surface area contributed by atoms with Crippen LogP contribution in [0.25, 0.3) is 10.2 Å². The molecule has 10 nitrogen and oxygen atoms in total. The Balaban J connectivity index is 1.34. The third-order valence-corrected chi connectivity index (χ3v) is 8.84. The molecule has 0 spiro atoms. The fourth-order valence-corrected chi connectivity index (χ4v) is 6.30. The van der Waals surface area contributed by atoms with E-state index in [1.54, 1.807) is 6.07 Å². The molecule has 2 fully saturated rings. The summed E-state index contributed by atoms with van der Waals surface area (Å²) in [4.78, 5) is 29.2. The maximum atomic E-state index is 12.8. The number of piperidine rings is 1. The van der Waals surface area contributed by atoms with Gasteiger partial charge in [0.05, 0.1) is 23.4 Å². The molecule has 1 aromatic carbocycles. The van der Waals surface area contributed by atoms with Gasteiger partial charge < -0.3 is 15.4 Å². The van der Waals surface area contributed by atoms with E-state index in [1.807, 2.05) is 26.0 Å². The Kier molecular flexibility index (Phi) is 7.29. The molecule has 0 radical (unpaired) electrons. The molecule has 180 valence electrons. The number of carbonyl (C=O) groups is 2. The average Bonchev–Trinajstić information content (AvgIpc) is 3.21. The molecule has 2 saturated heterocycles. The number of nitrogens with zero attached hydrogens (tertiary/aromatic N) is 3. The molecule has 3 heterocycles. The van der Waals surface area contributed by atoms with Gasteiger partial charge in [-0.2, -0.15) is 17.0 Å². The molecule has 2 aromatic rings. The number of thiazole rings is 1. The van der Waals surface area contributed by atoms with E-state index in [1.165, 1.54) is 19.9 Å². The first kappa shape index (κ1) is 24.0. The summed E-state index contributed by atoms with van der Waals surface area (Å²) >= 11 is 1.38. The lowest BCUT2D eigenvalue weighted by molar-refractivity contribution is -0.121. The van der Waals surface area contributed by atoms with Crippen molar-refractivity contribution in [2.24, 2.45) is 11.8 Å². The second-order valence-corrected chi connectivity index (χ2v) is 11.5. The van der Waals surface area contributed by atoms with Gasteiger partial charge in [-0.15, -0.1) is 0 Å². The number of ether oxygens (including phenoxy) is 1. The normalized spacial score (nSPS) is 19.1. The van der Waals surface area contributed by atoms with E-state index in [0.717, 1.165) is 4.70 Å². The molecule has 2 amide bonds. The molecule has 2 aliphatic rings. The first-order valence-corrected chi connectivity index (χ1v) is 13.3. The van der Waals surface area contributed by atoms with Gasteiger partial charge in [-0.3, -0.25) is 9.59 Å². The highest BCUT2D eigenvalue weighted by Crippen LogP contribution is 2.29. The van der Waals surface area contributed by atoms with Crippen LogP contribution in [0.1, 0.15) is 26.7 Å². The molecule has 33 heavy (non-hydrogen) atoms. The van der Waals surface area contributed by atoms with Crippen LogP contribution in [-0.4, -0.2) is 73.2 Å². The zero-order valence-corrected chi connectivity index (χ0v) is 20.4. The van der Waals surface area contributed by atoms with Gasteiger partial charge in [0, 0.05) is 43.7 Å². The fourth-order valence-electron chi connectivity index (χ4n) is 3.84. The van der Waals surface area contributed by atoms with E-state index in [4.69, 9.17) is 4.74 Å². The standard InChI is InChI=1S/C21H29N5O5S2/c1-14(2)19(27)24-21-23-17-13-16(3-4-18(17)32-21)22-20(28)15-5-7-25(8-6-15)33(29,30)26-9-11-31-12-10-26/h3-4,13-15H,5-12H2,1-2H3,(H,22,28)(H,23,24,27). The number of carbonyl (C=O) groups excluding carboxylic acids is 2. The average molecular weight is 496 g/mol. The summed E-state index contributed by atoms with van der Waals surface area (Å²) in [6.07, 6.45) is 0.944. The van der Waals surface area contributed by atoms with Crippen molar-refractivity contribution in [3.8, 4) is 0 Å². The van der Waals surface area contributed by atoms with Crippen molar-refractivity contribution in [1.82, 2.24) is 13.6 Å². The number of anilines is 2. The summed E-state index contributed by atoms with van der Waals surface area (Å²) in [6, 6.07) is 5.46. The third-order valence-electron chi connectivity index (χ3n) is 5.86. The lowest BCUT2D eigenvalue weighted by Crippen LogP contribution is -2.51. The zero-order chi connectivity index (χ0) is 23.6. The van der Waals surface area contributed by atoms with Crippen LogP contribution in [0.2, 0.25) is 0 Å². The van der Waals surface area contributed by atoms with Gasteiger partial charge in [0.15, 0.2) is 5.13 Å². The molecule has 2 aliphatic heterocycles. The van der Waals surface area contributed by atoms with Crippen LogP contribution >= 0.6 is 11.3 Å². The fraction of sp³-hybridized carbons (Fsp3) is 0.571. The smallest absolute Gasteiger partial charge is 0.282 e. The number of nitrogens with one attached hydrogen (secondary N) is 2. The van der Waals surface area contributed by atoms with Crippen LogP contribution in [0.15, 0.2) is 18.2 Å². The number of morpholine rings is 1. The Morgan fingerprint density at radius 2 is 1.76 bits per heavy atom. The van der Waals surface area contributed by atoms with E-state index in [2.05, 4.69) is 15.6 Å². The van der Waals surface area contributed by atoms with Crippen LogP contribution in [0.3, 0.4) is 0 Å². The SMILES string of the molecule is CC(C)C(=O)Nc1nc2cc(NC(=O)C3CCN(S(=O)(=O)N4CCOCC4)CC3)ccc2s1. The van der Waals surface area contributed by atoms with Crippen molar-refractivity contribution in [3.63, 3.8) is 0 Å². The number of amides is 2. The summed E-state index contributed by atoms with van der Waals surface area (Å²) in [7, 11) is -3.51. The Morgan fingerprint density at radius 3 is 2.42 bits per heavy atom. The maximum absolute atomic E-state index is 12.8. The minimum Gasteiger partial charge on any atom is -0.379 e. The summed E-state index contributed by atoms with van der Waals surface area (Å²) in [5.41, 5.74) is 1.33. The summed E-state index contributed by atoms with van der Waals surface area (Å²) in [6.45, 7) is 5.83. The predicted octanol–water partition coefficient (Wildman–Crippen LogP) is 2.12. The summed E-state index contributed by atoms with van der Waals surface area (Å²) in [5, 5.41) is 6.26. The Bertz CT molecular complexity index is 1120. The number of fused-ring (bicyclic) bond motifs is 1. The predicted molar refractivity (Wildman–Crippen MR) is 127 cm³/mol. The van der Waals surface area contributed by atoms with Crippen LogP contribution in [0.5, 0.6) is 0 Å². The van der Waals surface area contributed by atoms with Crippen LogP contribution in [0.4, 0.5) is 10.8 Å². The van der Waals surface area contributed by atoms with E-state index < -0.39 is 10.2 Å². The molecule has 1 aromatic heterocycles. The topological polar surface area (TPSA) is 121 Å². The lowest BCUT2D eigenvalue weighted by Gasteiger charge is -2.35. The number of aromatic nitrogens is 1. The molecule has 12 heteroatoms. The van der Waals surface area contributed by atoms with Gasteiger partial charge >= 0.3 is 0 Å². The van der Waals surface area contributed by atoms with Crippen molar-refractivity contribution in [3.05, 3.63) is 18.2 Å². The second kappa shape index (κ2) is 10.0. The highest BCUT2D eigenvalue weighted by molar-refractivity contribution is 7.86. The molecule has 4 rings (SSSR count). The molecule has 0 bridgehead atoms. The van der Waals surface area contributed by atoms with E-state index in [0.29, 0.717) is 68.6 Å².